The van der Waals surface area contributed by atoms with Gasteiger partial charge in [-0.25, -0.2) is 9.79 Å². The van der Waals surface area contributed by atoms with Crippen LogP contribution >= 0.6 is 27.7 Å². The first-order valence-corrected chi connectivity index (χ1v) is 13.6. The van der Waals surface area contributed by atoms with Gasteiger partial charge in [-0.1, -0.05) is 48.2 Å². The topological polar surface area (TPSA) is 128 Å². The fraction of sp³-hybridized carbons (Fsp3) is 0.138. The molecule has 11 heteroatoms. The highest BCUT2D eigenvalue weighted by Gasteiger charge is 2.34. The van der Waals surface area contributed by atoms with Gasteiger partial charge in [-0.15, -0.1) is 0 Å². The van der Waals surface area contributed by atoms with Gasteiger partial charge in [0.05, 0.1) is 20.9 Å². The molecule has 1 heterocycles. The number of carbonyl (C=O) groups is 2. The van der Waals surface area contributed by atoms with E-state index >= 15 is 0 Å². The van der Waals surface area contributed by atoms with Gasteiger partial charge in [0.2, 0.25) is 0 Å². The van der Waals surface area contributed by atoms with Gasteiger partial charge >= 0.3 is 5.97 Å². The molecule has 0 atom stereocenters. The minimum absolute atomic E-state index is 0.0187. The normalized spacial score (nSPS) is 15.0. The number of nitrogens with zero attached hydrogens (tertiary/aromatic N) is 2. The number of thioether (sulfide) groups is 1. The summed E-state index contributed by atoms with van der Waals surface area (Å²) in [6.45, 7) is 3.64. The van der Waals surface area contributed by atoms with Gasteiger partial charge in [-0.2, -0.15) is 0 Å². The SMILES string of the molecule is CCOC(=O)C1=C(O)/C(=C/c2ccc(OCc3cccc([N+](=O)[O-])c3)c(Br)c2)SC1=NC(=O)c1ccccc1C. The standard InChI is InChI=1S/C29H23BrN2O7S/c1-3-38-29(35)25-26(33)24(40-28(25)31-27(34)21-10-5-4-7-17(21)2)15-18-11-12-23(22(30)14-18)39-16-19-8-6-9-20(13-19)32(36)37/h4-15,33H,3,16H2,1-2H3/b24-15-,31-28?. The first-order chi connectivity index (χ1) is 19.2. The largest absolute Gasteiger partial charge is 0.506 e. The Balaban J connectivity index is 1.58. The lowest BCUT2D eigenvalue weighted by Crippen LogP contribution is -2.14. The maximum Gasteiger partial charge on any atom is 0.344 e. The molecule has 0 unspecified atom stereocenters. The molecule has 0 aliphatic carbocycles. The van der Waals surface area contributed by atoms with Gasteiger partial charge in [-0.3, -0.25) is 14.9 Å². The second-order valence-corrected chi connectivity index (χ2v) is 10.4. The molecule has 0 radical (unpaired) electrons. The zero-order valence-electron chi connectivity index (χ0n) is 21.4. The van der Waals surface area contributed by atoms with E-state index < -0.39 is 16.8 Å². The molecule has 1 aliphatic rings. The second kappa shape index (κ2) is 12.8. The maximum absolute atomic E-state index is 12.9. The molecular formula is C29H23BrN2O7S. The number of ether oxygens (including phenoxy) is 2. The van der Waals surface area contributed by atoms with E-state index in [0.717, 1.165) is 17.3 Å². The number of hydrogen-bond acceptors (Lipinski definition) is 8. The number of rotatable bonds is 8. The predicted octanol–water partition coefficient (Wildman–Crippen LogP) is 6.95. The van der Waals surface area contributed by atoms with Crippen LogP contribution in [0, 0.1) is 17.0 Å². The Hall–Kier alpha value is -4.22. The van der Waals surface area contributed by atoms with Crippen molar-refractivity contribution in [3.63, 3.8) is 0 Å². The van der Waals surface area contributed by atoms with Crippen molar-refractivity contribution in [1.29, 1.82) is 0 Å². The lowest BCUT2D eigenvalue weighted by molar-refractivity contribution is -0.384. The molecule has 204 valence electrons. The van der Waals surface area contributed by atoms with Crippen LogP contribution in [-0.2, 0) is 16.1 Å². The lowest BCUT2D eigenvalue weighted by atomic mass is 10.1. The molecule has 1 aliphatic heterocycles. The number of nitro benzene ring substituents is 1. The van der Waals surface area contributed by atoms with Crippen molar-refractivity contribution in [3.05, 3.63) is 120 Å². The zero-order valence-corrected chi connectivity index (χ0v) is 23.8. The van der Waals surface area contributed by atoms with Crippen molar-refractivity contribution in [3.8, 4) is 5.75 Å². The van der Waals surface area contributed by atoms with E-state index in [4.69, 9.17) is 9.47 Å². The van der Waals surface area contributed by atoms with Gasteiger partial charge in [0.25, 0.3) is 11.6 Å². The third-order valence-corrected chi connectivity index (χ3v) is 7.36. The van der Waals surface area contributed by atoms with Crippen LogP contribution in [0.5, 0.6) is 5.75 Å². The van der Waals surface area contributed by atoms with Crippen LogP contribution in [0.15, 0.2) is 92.4 Å². The van der Waals surface area contributed by atoms with Gasteiger partial charge in [-0.05, 0) is 70.7 Å². The van der Waals surface area contributed by atoms with Crippen LogP contribution in [0.1, 0.15) is 34.0 Å². The number of nitro groups is 1. The molecule has 3 aromatic rings. The molecule has 0 spiro atoms. The summed E-state index contributed by atoms with van der Waals surface area (Å²) in [6, 6.07) is 18.3. The van der Waals surface area contributed by atoms with Crippen molar-refractivity contribution >= 4 is 56.4 Å². The molecule has 3 aromatic carbocycles. The Morgan fingerprint density at radius 3 is 2.60 bits per heavy atom. The van der Waals surface area contributed by atoms with Crippen molar-refractivity contribution in [1.82, 2.24) is 0 Å². The number of carbonyl (C=O) groups excluding carboxylic acids is 2. The Bertz CT molecular complexity index is 1600. The summed E-state index contributed by atoms with van der Waals surface area (Å²) >= 11 is 4.46. The van der Waals surface area contributed by atoms with E-state index in [2.05, 4.69) is 20.9 Å². The van der Waals surface area contributed by atoms with Crippen molar-refractivity contribution < 1.29 is 29.1 Å². The number of benzene rings is 3. The smallest absolute Gasteiger partial charge is 0.344 e. The van der Waals surface area contributed by atoms with Gasteiger partial charge in [0.1, 0.15) is 28.7 Å². The van der Waals surface area contributed by atoms with Gasteiger partial charge in [0, 0.05) is 17.7 Å². The van der Waals surface area contributed by atoms with Crippen LogP contribution < -0.4 is 4.74 Å². The molecule has 1 amide bonds. The molecular weight excluding hydrogens is 600 g/mol. The number of aliphatic imine (C=N–C) groups is 1. The number of hydrogen-bond donors (Lipinski definition) is 1. The van der Waals surface area contributed by atoms with Crippen molar-refractivity contribution in [2.24, 2.45) is 4.99 Å². The Kier molecular flexibility index (Phi) is 9.18. The number of amides is 1. The van der Waals surface area contributed by atoms with Crippen LogP contribution in [0.3, 0.4) is 0 Å². The quantitative estimate of drug-likeness (QED) is 0.162. The first kappa shape index (κ1) is 28.8. The minimum Gasteiger partial charge on any atom is -0.506 e. The summed E-state index contributed by atoms with van der Waals surface area (Å²) < 4.78 is 11.5. The van der Waals surface area contributed by atoms with Crippen LogP contribution in [0.25, 0.3) is 6.08 Å². The molecule has 40 heavy (non-hydrogen) atoms. The Labute approximate surface area is 242 Å². The Morgan fingerprint density at radius 2 is 1.90 bits per heavy atom. The van der Waals surface area contributed by atoms with Crippen LogP contribution in [0.2, 0.25) is 0 Å². The molecule has 4 rings (SSSR count). The van der Waals surface area contributed by atoms with E-state index in [9.17, 15) is 24.8 Å². The number of aliphatic hydroxyl groups is 1. The fourth-order valence-corrected chi connectivity index (χ4v) is 5.28. The third-order valence-electron chi connectivity index (χ3n) is 5.72. The zero-order chi connectivity index (χ0) is 28.8. The van der Waals surface area contributed by atoms with Gasteiger partial charge in [0.15, 0.2) is 0 Å². The summed E-state index contributed by atoms with van der Waals surface area (Å²) in [5, 5.41) is 22.0. The molecule has 0 fully saturated rings. The highest BCUT2D eigenvalue weighted by molar-refractivity contribution is 9.10. The fourth-order valence-electron chi connectivity index (χ4n) is 3.75. The number of esters is 1. The minimum atomic E-state index is -0.779. The number of halogens is 1. The van der Waals surface area contributed by atoms with Crippen molar-refractivity contribution in [2.45, 2.75) is 20.5 Å². The first-order valence-electron chi connectivity index (χ1n) is 12.0. The number of aliphatic hydroxyl groups excluding tert-OH is 1. The summed E-state index contributed by atoms with van der Waals surface area (Å²) in [7, 11) is 0. The summed E-state index contributed by atoms with van der Waals surface area (Å²) in [5.41, 5.74) is 2.24. The van der Waals surface area contributed by atoms with E-state index in [1.807, 2.05) is 6.07 Å². The van der Waals surface area contributed by atoms with Gasteiger partial charge < -0.3 is 14.6 Å². The lowest BCUT2D eigenvalue weighted by Gasteiger charge is -2.09. The molecule has 1 N–H and O–H groups in total. The average molecular weight is 623 g/mol. The van der Waals surface area contributed by atoms with E-state index in [-0.39, 0.29) is 35.3 Å². The molecule has 0 saturated carbocycles. The van der Waals surface area contributed by atoms with Crippen LogP contribution in [-0.4, -0.2) is 33.6 Å². The molecule has 9 nitrogen and oxygen atoms in total. The highest BCUT2D eigenvalue weighted by Crippen LogP contribution is 2.40. The third kappa shape index (κ3) is 6.67. The predicted molar refractivity (Wildman–Crippen MR) is 156 cm³/mol. The van der Waals surface area contributed by atoms with E-state index in [0.29, 0.717) is 31.8 Å². The highest BCUT2D eigenvalue weighted by atomic mass is 79.9. The average Bonchev–Trinajstić information content (AvgIpc) is 3.22. The number of aryl methyl sites for hydroxylation is 1. The molecule has 0 saturated heterocycles. The monoisotopic (exact) mass is 622 g/mol. The van der Waals surface area contributed by atoms with E-state index in [1.54, 1.807) is 68.5 Å². The molecule has 0 bridgehead atoms. The summed E-state index contributed by atoms with van der Waals surface area (Å²) in [6.07, 6.45) is 1.65. The summed E-state index contributed by atoms with van der Waals surface area (Å²) in [4.78, 5) is 40.6. The Morgan fingerprint density at radius 1 is 1.12 bits per heavy atom. The van der Waals surface area contributed by atoms with Crippen molar-refractivity contribution in [2.75, 3.05) is 6.61 Å². The maximum atomic E-state index is 12.9. The summed E-state index contributed by atoms with van der Waals surface area (Å²) in [5.74, 6) is -1.14. The number of non-ortho nitro benzene ring substituents is 1. The second-order valence-electron chi connectivity index (χ2n) is 8.50. The van der Waals surface area contributed by atoms with Crippen LogP contribution in [0.4, 0.5) is 5.69 Å². The van der Waals surface area contributed by atoms with E-state index in [1.165, 1.54) is 12.1 Å². The molecule has 0 aromatic heterocycles.